The van der Waals surface area contributed by atoms with Crippen LogP contribution in [-0.4, -0.2) is 53.5 Å². The average molecular weight is 539 g/mol. The van der Waals surface area contributed by atoms with Crippen molar-refractivity contribution in [3.05, 3.63) is 66.6 Å². The number of amides is 1. The fourth-order valence-corrected chi connectivity index (χ4v) is 4.96. The second-order valence-corrected chi connectivity index (χ2v) is 9.92. The molecule has 0 radical (unpaired) electrons. The number of ether oxygens (including phenoxy) is 2. The van der Waals surface area contributed by atoms with E-state index in [1.165, 1.54) is 31.6 Å². The van der Waals surface area contributed by atoms with E-state index in [4.69, 9.17) is 9.47 Å². The van der Waals surface area contributed by atoms with Crippen molar-refractivity contribution in [3.8, 4) is 11.5 Å². The van der Waals surface area contributed by atoms with Crippen LogP contribution in [0.15, 0.2) is 60.3 Å². The van der Waals surface area contributed by atoms with Gasteiger partial charge in [0.05, 0.1) is 36.1 Å². The molecule has 5 rings (SSSR count). The van der Waals surface area contributed by atoms with Crippen LogP contribution in [0.4, 0.5) is 5.69 Å². The van der Waals surface area contributed by atoms with Crippen molar-refractivity contribution in [1.29, 1.82) is 0 Å². The number of benzene rings is 2. The molecule has 2 N–H and O–H groups in total. The van der Waals surface area contributed by atoms with Crippen molar-refractivity contribution in [2.45, 2.75) is 24.3 Å². The van der Waals surface area contributed by atoms with Gasteiger partial charge in [0.15, 0.2) is 11.5 Å². The number of carbonyl (C=O) groups is 2. The molecule has 3 heterocycles. The van der Waals surface area contributed by atoms with E-state index in [9.17, 15) is 18.0 Å². The van der Waals surface area contributed by atoms with Gasteiger partial charge in [0.25, 0.3) is 10.0 Å². The van der Waals surface area contributed by atoms with E-state index in [2.05, 4.69) is 25.1 Å². The Morgan fingerprint density at radius 2 is 2.03 bits per heavy atom. The lowest BCUT2D eigenvalue weighted by Gasteiger charge is -2.15. The second kappa shape index (κ2) is 10.1. The number of imidazole rings is 1. The van der Waals surface area contributed by atoms with Crippen molar-refractivity contribution >= 4 is 38.5 Å². The standard InChI is InChI=1S/C24H22N6O7S/c1-14(31)37-29-38(33,34)15-3-4-18-16(9-15)22(24(32)28-18)23-17-10-20(35-2)21(11-19(17)26-12-27-23)36-8-7-30-6-5-25-13-30/h3-6,9-13,22,29H,7-8H2,1-2H3,(H,28,32). The number of carbonyl (C=O) groups excluding carboxylic acids is 2. The molecule has 1 atom stereocenters. The van der Waals surface area contributed by atoms with E-state index in [1.807, 2.05) is 10.8 Å². The van der Waals surface area contributed by atoms with Gasteiger partial charge in [-0.05, 0) is 34.7 Å². The summed E-state index contributed by atoms with van der Waals surface area (Å²) in [4.78, 5) is 42.9. The number of hydrogen-bond donors (Lipinski definition) is 2. The molecule has 0 fully saturated rings. The van der Waals surface area contributed by atoms with Gasteiger partial charge < -0.3 is 24.2 Å². The molecule has 2 aromatic carbocycles. The number of fused-ring (bicyclic) bond motifs is 2. The minimum atomic E-state index is -4.19. The largest absolute Gasteiger partial charge is 0.493 e. The van der Waals surface area contributed by atoms with Gasteiger partial charge in [0, 0.05) is 36.5 Å². The van der Waals surface area contributed by atoms with E-state index in [0.29, 0.717) is 52.5 Å². The highest BCUT2D eigenvalue weighted by molar-refractivity contribution is 7.89. The minimum absolute atomic E-state index is 0.191. The normalized spacial score (nSPS) is 14.7. The van der Waals surface area contributed by atoms with Gasteiger partial charge in [0.2, 0.25) is 5.91 Å². The van der Waals surface area contributed by atoms with Crippen LogP contribution in [0.3, 0.4) is 0 Å². The Kier molecular flexibility index (Phi) is 6.65. The Morgan fingerprint density at radius 1 is 1.18 bits per heavy atom. The summed E-state index contributed by atoms with van der Waals surface area (Å²) >= 11 is 0. The first kappa shape index (κ1) is 25.1. The predicted octanol–water partition coefficient (Wildman–Crippen LogP) is 1.75. The molecule has 38 heavy (non-hydrogen) atoms. The average Bonchev–Trinajstić information content (AvgIpc) is 3.53. The molecule has 0 saturated heterocycles. The summed E-state index contributed by atoms with van der Waals surface area (Å²) in [6.45, 7) is 1.99. The van der Waals surface area contributed by atoms with Crippen LogP contribution in [0.5, 0.6) is 11.5 Å². The van der Waals surface area contributed by atoms with Gasteiger partial charge in [-0.1, -0.05) is 0 Å². The molecule has 14 heteroatoms. The molecule has 196 valence electrons. The highest BCUT2D eigenvalue weighted by Gasteiger charge is 2.36. The molecule has 13 nitrogen and oxygen atoms in total. The van der Waals surface area contributed by atoms with E-state index < -0.39 is 21.9 Å². The van der Waals surface area contributed by atoms with Crippen molar-refractivity contribution in [1.82, 2.24) is 24.4 Å². The number of methoxy groups -OCH3 is 1. The van der Waals surface area contributed by atoms with Crippen LogP contribution in [0.25, 0.3) is 10.9 Å². The highest BCUT2D eigenvalue weighted by atomic mass is 32.2. The summed E-state index contributed by atoms with van der Waals surface area (Å²) < 4.78 is 38.5. The number of rotatable bonds is 9. The molecule has 4 aromatic rings. The Labute approximate surface area is 216 Å². The minimum Gasteiger partial charge on any atom is -0.493 e. The maximum absolute atomic E-state index is 13.1. The van der Waals surface area contributed by atoms with Gasteiger partial charge in [-0.15, -0.1) is 0 Å². The zero-order valence-electron chi connectivity index (χ0n) is 20.2. The number of nitrogens with zero attached hydrogens (tertiary/aromatic N) is 4. The Bertz CT molecular complexity index is 1640. The van der Waals surface area contributed by atoms with Gasteiger partial charge in [-0.25, -0.2) is 23.4 Å². The molecule has 1 aliphatic heterocycles. The van der Waals surface area contributed by atoms with Crippen LogP contribution in [-0.2, 0) is 31.0 Å². The van der Waals surface area contributed by atoms with Crippen LogP contribution >= 0.6 is 0 Å². The smallest absolute Gasteiger partial charge is 0.323 e. The van der Waals surface area contributed by atoms with Crippen molar-refractivity contribution in [2.75, 3.05) is 19.0 Å². The van der Waals surface area contributed by atoms with E-state index in [1.54, 1.807) is 29.5 Å². The lowest BCUT2D eigenvalue weighted by Crippen LogP contribution is -2.26. The van der Waals surface area contributed by atoms with Gasteiger partial charge in [-0.2, -0.15) is 0 Å². The molecular weight excluding hydrogens is 516 g/mol. The monoisotopic (exact) mass is 538 g/mol. The maximum atomic E-state index is 13.1. The maximum Gasteiger partial charge on any atom is 0.323 e. The molecule has 0 spiro atoms. The number of anilines is 1. The lowest BCUT2D eigenvalue weighted by molar-refractivity contribution is -0.144. The Morgan fingerprint density at radius 3 is 2.76 bits per heavy atom. The topological polar surface area (TPSA) is 164 Å². The predicted molar refractivity (Wildman–Crippen MR) is 133 cm³/mol. The molecule has 1 amide bonds. The van der Waals surface area contributed by atoms with Gasteiger partial charge in [0.1, 0.15) is 18.9 Å². The summed E-state index contributed by atoms with van der Waals surface area (Å²) in [5.41, 5.74) is 1.69. The van der Waals surface area contributed by atoms with E-state index in [-0.39, 0.29) is 10.8 Å². The first-order chi connectivity index (χ1) is 18.3. The third kappa shape index (κ3) is 4.86. The molecule has 0 bridgehead atoms. The summed E-state index contributed by atoms with van der Waals surface area (Å²) in [6, 6.07) is 7.48. The van der Waals surface area contributed by atoms with E-state index in [0.717, 1.165) is 6.92 Å². The van der Waals surface area contributed by atoms with Crippen LogP contribution in [0, 0.1) is 0 Å². The SMILES string of the molecule is COc1cc2c(C3C(=O)Nc4ccc(S(=O)(=O)NOC(C)=O)cc43)ncnc2cc1OCCn1ccnc1. The summed E-state index contributed by atoms with van der Waals surface area (Å²) in [7, 11) is -2.69. The van der Waals surface area contributed by atoms with Crippen molar-refractivity contribution < 1.29 is 32.3 Å². The molecule has 0 aliphatic carbocycles. The molecule has 1 unspecified atom stereocenters. The molecular formula is C24H22N6O7S. The highest BCUT2D eigenvalue weighted by Crippen LogP contribution is 2.41. The summed E-state index contributed by atoms with van der Waals surface area (Å²) in [5, 5.41) is 3.29. The van der Waals surface area contributed by atoms with Crippen LogP contribution < -0.4 is 19.7 Å². The summed E-state index contributed by atoms with van der Waals surface area (Å²) in [6.07, 6.45) is 6.52. The zero-order chi connectivity index (χ0) is 26.9. The second-order valence-electron chi connectivity index (χ2n) is 8.28. The molecule has 1 aliphatic rings. The first-order valence-corrected chi connectivity index (χ1v) is 12.8. The molecule has 0 saturated carbocycles. The number of hydrogen-bond acceptors (Lipinski definition) is 10. The summed E-state index contributed by atoms with van der Waals surface area (Å²) in [5.74, 6) is -1.26. The van der Waals surface area contributed by atoms with Gasteiger partial charge >= 0.3 is 5.97 Å². The van der Waals surface area contributed by atoms with E-state index >= 15 is 0 Å². The fourth-order valence-electron chi connectivity index (χ4n) is 4.11. The van der Waals surface area contributed by atoms with Crippen molar-refractivity contribution in [3.63, 3.8) is 0 Å². The third-order valence-corrected chi connectivity index (χ3v) is 7.03. The van der Waals surface area contributed by atoms with Crippen LogP contribution in [0.2, 0.25) is 0 Å². The lowest BCUT2D eigenvalue weighted by atomic mass is 9.94. The fraction of sp³-hybridized carbons (Fsp3) is 0.208. The number of nitrogens with one attached hydrogen (secondary N) is 2. The number of sulfonamides is 1. The Hall–Kier alpha value is -4.56. The quantitative estimate of drug-likeness (QED) is 0.300. The number of aromatic nitrogens is 4. The van der Waals surface area contributed by atoms with Crippen molar-refractivity contribution in [2.24, 2.45) is 0 Å². The third-order valence-electron chi connectivity index (χ3n) is 5.85. The zero-order valence-corrected chi connectivity index (χ0v) is 21.1. The first-order valence-electron chi connectivity index (χ1n) is 11.3. The van der Waals surface area contributed by atoms with Gasteiger partial charge in [-0.3, -0.25) is 9.59 Å². The van der Waals surface area contributed by atoms with Crippen LogP contribution in [0.1, 0.15) is 24.1 Å². The molecule has 2 aromatic heterocycles. The Balaban J connectivity index is 1.50.